The number of halogens is 1. The van der Waals surface area contributed by atoms with Gasteiger partial charge in [0.15, 0.2) is 10.8 Å². The summed E-state index contributed by atoms with van der Waals surface area (Å²) in [4.78, 5) is 8.33. The van der Waals surface area contributed by atoms with E-state index in [1.165, 1.54) is 24.4 Å². The molecule has 0 bridgehead atoms. The highest BCUT2D eigenvalue weighted by Crippen LogP contribution is 2.29. The molecule has 0 spiro atoms. The van der Waals surface area contributed by atoms with Gasteiger partial charge in [-0.2, -0.15) is 0 Å². The van der Waals surface area contributed by atoms with Crippen molar-refractivity contribution >= 4 is 38.0 Å². The van der Waals surface area contributed by atoms with Crippen molar-refractivity contribution in [2.24, 2.45) is 5.92 Å². The average molecular weight is 314 g/mol. The van der Waals surface area contributed by atoms with Crippen molar-refractivity contribution in [3.63, 3.8) is 0 Å². The van der Waals surface area contributed by atoms with E-state index < -0.39 is 0 Å². The SMILES string of the molecule is CC1CCCN(c2nc3sccn3c2CBr)C1. The summed E-state index contributed by atoms with van der Waals surface area (Å²) in [5.41, 5.74) is 1.29. The minimum absolute atomic E-state index is 0.784. The minimum atomic E-state index is 0.784. The lowest BCUT2D eigenvalue weighted by Gasteiger charge is -2.31. The number of aromatic nitrogens is 2. The van der Waals surface area contributed by atoms with Crippen molar-refractivity contribution in [1.29, 1.82) is 0 Å². The molecule has 1 unspecified atom stereocenters. The quantitative estimate of drug-likeness (QED) is 0.791. The molecule has 0 saturated carbocycles. The van der Waals surface area contributed by atoms with Gasteiger partial charge in [0.25, 0.3) is 0 Å². The van der Waals surface area contributed by atoms with E-state index in [9.17, 15) is 0 Å². The number of anilines is 1. The van der Waals surface area contributed by atoms with Crippen LogP contribution in [0.3, 0.4) is 0 Å². The standard InChI is InChI=1S/C12H16BrN3S/c1-9-3-2-4-15(8-9)11-10(7-13)16-5-6-17-12(16)14-11/h5-6,9H,2-4,7-8H2,1H3. The first-order chi connectivity index (χ1) is 8.29. The number of rotatable bonds is 2. The van der Waals surface area contributed by atoms with E-state index in [0.717, 1.165) is 29.3 Å². The number of nitrogens with zero attached hydrogens (tertiary/aromatic N) is 3. The lowest BCUT2D eigenvalue weighted by molar-refractivity contribution is 0.444. The van der Waals surface area contributed by atoms with E-state index in [-0.39, 0.29) is 0 Å². The van der Waals surface area contributed by atoms with Crippen molar-refractivity contribution in [2.75, 3.05) is 18.0 Å². The summed E-state index contributed by atoms with van der Waals surface area (Å²) in [5, 5.41) is 2.96. The van der Waals surface area contributed by atoms with Crippen LogP contribution in [0.5, 0.6) is 0 Å². The fourth-order valence-corrected chi connectivity index (χ4v) is 3.83. The molecule has 1 aliphatic rings. The van der Waals surface area contributed by atoms with E-state index in [4.69, 9.17) is 4.98 Å². The summed E-state index contributed by atoms with van der Waals surface area (Å²) in [6, 6.07) is 0. The number of piperidine rings is 1. The van der Waals surface area contributed by atoms with Crippen LogP contribution in [0.4, 0.5) is 5.82 Å². The van der Waals surface area contributed by atoms with Gasteiger partial charge in [0.05, 0.1) is 5.69 Å². The number of alkyl halides is 1. The van der Waals surface area contributed by atoms with Crippen LogP contribution in [0.1, 0.15) is 25.5 Å². The maximum Gasteiger partial charge on any atom is 0.195 e. The summed E-state index contributed by atoms with van der Waals surface area (Å²) in [5.74, 6) is 1.96. The van der Waals surface area contributed by atoms with Crippen LogP contribution >= 0.6 is 27.3 Å². The van der Waals surface area contributed by atoms with Gasteiger partial charge in [-0.3, -0.25) is 4.40 Å². The summed E-state index contributed by atoms with van der Waals surface area (Å²) in [6.45, 7) is 4.62. The van der Waals surface area contributed by atoms with E-state index >= 15 is 0 Å². The lowest BCUT2D eigenvalue weighted by atomic mass is 10.0. The Morgan fingerprint density at radius 2 is 2.47 bits per heavy atom. The largest absolute Gasteiger partial charge is 0.355 e. The second-order valence-electron chi connectivity index (χ2n) is 4.76. The van der Waals surface area contributed by atoms with Crippen LogP contribution in [0, 0.1) is 5.92 Å². The zero-order valence-corrected chi connectivity index (χ0v) is 12.3. The second kappa shape index (κ2) is 4.61. The maximum absolute atomic E-state index is 4.78. The smallest absolute Gasteiger partial charge is 0.195 e. The molecule has 0 radical (unpaired) electrons. The number of hydrogen-bond donors (Lipinski definition) is 0. The topological polar surface area (TPSA) is 20.5 Å². The van der Waals surface area contributed by atoms with Crippen molar-refractivity contribution < 1.29 is 0 Å². The molecule has 1 aliphatic heterocycles. The molecule has 2 aromatic heterocycles. The fourth-order valence-electron chi connectivity index (χ4n) is 2.58. The number of fused-ring (bicyclic) bond motifs is 1. The third-order valence-electron chi connectivity index (χ3n) is 3.42. The average Bonchev–Trinajstić information content (AvgIpc) is 2.88. The summed E-state index contributed by atoms with van der Waals surface area (Å²) in [7, 11) is 0. The molecule has 1 saturated heterocycles. The zero-order valence-electron chi connectivity index (χ0n) is 9.90. The minimum Gasteiger partial charge on any atom is -0.355 e. The molecule has 1 atom stereocenters. The highest BCUT2D eigenvalue weighted by molar-refractivity contribution is 9.08. The maximum atomic E-state index is 4.78. The number of imidazole rings is 1. The Morgan fingerprint density at radius 3 is 3.24 bits per heavy atom. The summed E-state index contributed by atoms with van der Waals surface area (Å²) in [6.07, 6.45) is 4.75. The number of hydrogen-bond acceptors (Lipinski definition) is 3. The Bertz CT molecular complexity index is 519. The van der Waals surface area contributed by atoms with Gasteiger partial charge in [0.1, 0.15) is 0 Å². The first-order valence-corrected chi connectivity index (χ1v) is 8.05. The first kappa shape index (κ1) is 11.5. The van der Waals surface area contributed by atoms with Gasteiger partial charge in [0.2, 0.25) is 0 Å². The molecule has 3 heterocycles. The molecule has 0 aromatic carbocycles. The molecular weight excluding hydrogens is 298 g/mol. The molecule has 2 aromatic rings. The first-order valence-electron chi connectivity index (χ1n) is 6.05. The normalized spacial score (nSPS) is 21.3. The molecule has 5 heteroatoms. The summed E-state index contributed by atoms with van der Waals surface area (Å²) >= 11 is 5.30. The van der Waals surface area contributed by atoms with Crippen LogP contribution < -0.4 is 4.90 Å². The third kappa shape index (κ3) is 1.99. The van der Waals surface area contributed by atoms with E-state index in [0.29, 0.717) is 0 Å². The monoisotopic (exact) mass is 313 g/mol. The van der Waals surface area contributed by atoms with Gasteiger partial charge >= 0.3 is 0 Å². The van der Waals surface area contributed by atoms with Crippen LogP contribution in [0.25, 0.3) is 4.96 Å². The van der Waals surface area contributed by atoms with Crippen molar-refractivity contribution in [3.8, 4) is 0 Å². The third-order valence-corrected chi connectivity index (χ3v) is 4.71. The Kier molecular flexibility index (Phi) is 3.13. The van der Waals surface area contributed by atoms with Gasteiger partial charge in [-0.05, 0) is 18.8 Å². The molecule has 0 aliphatic carbocycles. The van der Waals surface area contributed by atoms with Crippen molar-refractivity contribution in [2.45, 2.75) is 25.1 Å². The van der Waals surface area contributed by atoms with Crippen molar-refractivity contribution in [1.82, 2.24) is 9.38 Å². The van der Waals surface area contributed by atoms with E-state index in [2.05, 4.69) is 43.7 Å². The zero-order chi connectivity index (χ0) is 11.8. The molecular formula is C12H16BrN3S. The molecule has 92 valence electrons. The molecule has 0 N–H and O–H groups in total. The van der Waals surface area contributed by atoms with Gasteiger partial charge in [0, 0.05) is 30.0 Å². The van der Waals surface area contributed by atoms with E-state index in [1.807, 2.05) is 0 Å². The van der Waals surface area contributed by atoms with Gasteiger partial charge < -0.3 is 4.90 Å². The van der Waals surface area contributed by atoms with Crippen LogP contribution in [-0.4, -0.2) is 22.5 Å². The predicted molar refractivity (Wildman–Crippen MR) is 76.3 cm³/mol. The molecule has 0 amide bonds. The van der Waals surface area contributed by atoms with E-state index in [1.54, 1.807) is 11.3 Å². The Labute approximate surface area is 114 Å². The van der Waals surface area contributed by atoms with Crippen LogP contribution in [0.15, 0.2) is 11.6 Å². The Morgan fingerprint density at radius 1 is 1.59 bits per heavy atom. The fraction of sp³-hybridized carbons (Fsp3) is 0.583. The number of thiazole rings is 1. The highest BCUT2D eigenvalue weighted by atomic mass is 79.9. The van der Waals surface area contributed by atoms with Crippen molar-refractivity contribution in [3.05, 3.63) is 17.3 Å². The van der Waals surface area contributed by atoms with Gasteiger partial charge in [-0.1, -0.05) is 22.9 Å². The van der Waals surface area contributed by atoms with Crippen LogP contribution in [0.2, 0.25) is 0 Å². The highest BCUT2D eigenvalue weighted by Gasteiger charge is 2.22. The second-order valence-corrected chi connectivity index (χ2v) is 6.20. The van der Waals surface area contributed by atoms with Crippen LogP contribution in [-0.2, 0) is 5.33 Å². The molecule has 1 fully saturated rings. The van der Waals surface area contributed by atoms with Gasteiger partial charge in [-0.25, -0.2) is 4.98 Å². The molecule has 3 rings (SSSR count). The molecule has 3 nitrogen and oxygen atoms in total. The van der Waals surface area contributed by atoms with Gasteiger partial charge in [-0.15, -0.1) is 11.3 Å². The Hall–Kier alpha value is -0.550. The Balaban J connectivity index is 2.00. The predicted octanol–water partition coefficient (Wildman–Crippen LogP) is 3.53. The lowest BCUT2D eigenvalue weighted by Crippen LogP contribution is -2.35. The molecule has 17 heavy (non-hydrogen) atoms. The summed E-state index contributed by atoms with van der Waals surface area (Å²) < 4.78 is 2.20.